The lowest BCUT2D eigenvalue weighted by atomic mass is 9.82. The van der Waals surface area contributed by atoms with Crippen LogP contribution in [-0.4, -0.2) is 48.7 Å². The highest BCUT2D eigenvalue weighted by Gasteiger charge is 2.52. The number of likely N-dealkylation sites (tertiary alicyclic amines) is 1. The van der Waals surface area contributed by atoms with Crippen molar-refractivity contribution in [2.24, 2.45) is 11.3 Å². The maximum Gasteiger partial charge on any atom is 0.253 e. The average Bonchev–Trinajstić information content (AvgIpc) is 3.19. The molecule has 2 fully saturated rings. The molecule has 1 aromatic heterocycles. The number of benzene rings is 1. The summed E-state index contributed by atoms with van der Waals surface area (Å²) in [5.74, 6) is 0.431. The summed E-state index contributed by atoms with van der Waals surface area (Å²) in [6.07, 6.45) is 0. The Balaban J connectivity index is 1.41. The maximum atomic E-state index is 12.8. The summed E-state index contributed by atoms with van der Waals surface area (Å²) >= 11 is 0. The standard InChI is InChI=1S/C21H24N2O3/c1-16-6-5-9-19(22-16)12-26-15-21-13-23(10-18(21)11-25-14-21)20(24)17-7-3-2-4-8-17/h2-9,18H,10-15H2,1H3/t18-,21+/m0/s1. The van der Waals surface area contributed by atoms with Gasteiger partial charge in [0.15, 0.2) is 0 Å². The zero-order valence-corrected chi connectivity index (χ0v) is 15.1. The Morgan fingerprint density at radius 2 is 2.12 bits per heavy atom. The van der Waals surface area contributed by atoms with Crippen LogP contribution in [0.15, 0.2) is 48.5 Å². The number of pyridine rings is 1. The van der Waals surface area contributed by atoms with Crippen molar-refractivity contribution in [2.75, 3.05) is 32.9 Å². The molecule has 0 bridgehead atoms. The van der Waals surface area contributed by atoms with E-state index in [0.29, 0.717) is 38.9 Å². The number of nitrogens with zero attached hydrogens (tertiary/aromatic N) is 2. The summed E-state index contributed by atoms with van der Waals surface area (Å²) in [5.41, 5.74) is 2.57. The first-order chi connectivity index (χ1) is 12.7. The minimum absolute atomic E-state index is 0.0970. The molecule has 2 aliphatic heterocycles. The van der Waals surface area contributed by atoms with Crippen LogP contribution in [0.3, 0.4) is 0 Å². The summed E-state index contributed by atoms with van der Waals surface area (Å²) in [6.45, 7) is 5.83. The molecule has 0 unspecified atom stereocenters. The Kier molecular flexibility index (Phi) is 4.74. The summed E-state index contributed by atoms with van der Waals surface area (Å²) in [5, 5.41) is 0. The fraction of sp³-hybridized carbons (Fsp3) is 0.429. The van der Waals surface area contributed by atoms with E-state index in [2.05, 4.69) is 4.98 Å². The van der Waals surface area contributed by atoms with Gasteiger partial charge in [-0.1, -0.05) is 24.3 Å². The normalized spacial score (nSPS) is 24.7. The molecule has 0 radical (unpaired) electrons. The topological polar surface area (TPSA) is 51.7 Å². The fourth-order valence-corrected chi connectivity index (χ4v) is 3.99. The number of carbonyl (C=O) groups excluding carboxylic acids is 1. The number of rotatable bonds is 5. The van der Waals surface area contributed by atoms with Gasteiger partial charge in [0.1, 0.15) is 0 Å². The van der Waals surface area contributed by atoms with E-state index in [1.807, 2.05) is 60.4 Å². The van der Waals surface area contributed by atoms with Gasteiger partial charge in [0.05, 0.1) is 32.1 Å². The van der Waals surface area contributed by atoms with Crippen LogP contribution in [0.5, 0.6) is 0 Å². The number of ether oxygens (including phenoxy) is 2. The van der Waals surface area contributed by atoms with Crippen LogP contribution in [0.2, 0.25) is 0 Å². The predicted molar refractivity (Wildman–Crippen MR) is 97.7 cm³/mol. The van der Waals surface area contributed by atoms with Crippen LogP contribution < -0.4 is 0 Å². The molecule has 0 spiro atoms. The van der Waals surface area contributed by atoms with E-state index >= 15 is 0 Å². The highest BCUT2D eigenvalue weighted by Crippen LogP contribution is 2.42. The number of aromatic nitrogens is 1. The number of amides is 1. The molecule has 0 saturated carbocycles. The number of aryl methyl sites for hydroxylation is 1. The molecule has 1 amide bonds. The molecule has 4 rings (SSSR count). The van der Waals surface area contributed by atoms with E-state index in [1.165, 1.54) is 0 Å². The van der Waals surface area contributed by atoms with Crippen molar-refractivity contribution in [1.29, 1.82) is 0 Å². The van der Waals surface area contributed by atoms with Gasteiger partial charge in [-0.05, 0) is 31.2 Å². The zero-order chi connectivity index (χ0) is 18.0. The second kappa shape index (κ2) is 7.17. The van der Waals surface area contributed by atoms with Crippen molar-refractivity contribution >= 4 is 5.91 Å². The first-order valence-corrected chi connectivity index (χ1v) is 9.09. The molecule has 5 heteroatoms. The van der Waals surface area contributed by atoms with Gasteiger partial charge in [-0.3, -0.25) is 9.78 Å². The molecule has 2 aromatic rings. The average molecular weight is 352 g/mol. The van der Waals surface area contributed by atoms with Crippen molar-refractivity contribution in [2.45, 2.75) is 13.5 Å². The molecular formula is C21H24N2O3. The number of carbonyl (C=O) groups is 1. The van der Waals surface area contributed by atoms with Crippen molar-refractivity contribution < 1.29 is 14.3 Å². The molecule has 3 heterocycles. The van der Waals surface area contributed by atoms with Crippen LogP contribution in [0.4, 0.5) is 0 Å². The Labute approximate surface area is 153 Å². The molecule has 1 aromatic carbocycles. The summed E-state index contributed by atoms with van der Waals surface area (Å²) in [4.78, 5) is 19.2. The molecule has 2 aliphatic rings. The van der Waals surface area contributed by atoms with Crippen LogP contribution in [0.25, 0.3) is 0 Å². The first-order valence-electron chi connectivity index (χ1n) is 9.09. The van der Waals surface area contributed by atoms with Crippen LogP contribution in [0, 0.1) is 18.3 Å². The lowest BCUT2D eigenvalue weighted by molar-refractivity contribution is 0.0175. The predicted octanol–water partition coefficient (Wildman–Crippen LogP) is 2.70. The summed E-state index contributed by atoms with van der Waals surface area (Å²) < 4.78 is 11.8. The van der Waals surface area contributed by atoms with Gasteiger partial charge >= 0.3 is 0 Å². The van der Waals surface area contributed by atoms with E-state index < -0.39 is 0 Å². The third kappa shape index (κ3) is 3.37. The SMILES string of the molecule is Cc1cccc(COC[C@@]23COC[C@@H]2CN(C(=O)c2ccccc2)C3)n1. The molecule has 5 nitrogen and oxygen atoms in total. The van der Waals surface area contributed by atoms with Gasteiger partial charge < -0.3 is 14.4 Å². The van der Waals surface area contributed by atoms with E-state index in [4.69, 9.17) is 9.47 Å². The van der Waals surface area contributed by atoms with Crippen molar-refractivity contribution in [3.63, 3.8) is 0 Å². The quantitative estimate of drug-likeness (QED) is 0.830. The fourth-order valence-electron chi connectivity index (χ4n) is 3.99. The Bertz CT molecular complexity index is 780. The number of fused-ring (bicyclic) bond motifs is 1. The number of hydrogen-bond donors (Lipinski definition) is 0. The van der Waals surface area contributed by atoms with Gasteiger partial charge in [0, 0.05) is 35.7 Å². The summed E-state index contributed by atoms with van der Waals surface area (Å²) in [6, 6.07) is 15.4. The smallest absolute Gasteiger partial charge is 0.253 e. The Hall–Kier alpha value is -2.24. The zero-order valence-electron chi connectivity index (χ0n) is 15.1. The highest BCUT2D eigenvalue weighted by atomic mass is 16.5. The minimum Gasteiger partial charge on any atom is -0.380 e. The van der Waals surface area contributed by atoms with E-state index in [1.54, 1.807) is 0 Å². The Morgan fingerprint density at radius 3 is 2.92 bits per heavy atom. The second-order valence-electron chi connectivity index (χ2n) is 7.39. The largest absolute Gasteiger partial charge is 0.380 e. The third-order valence-electron chi connectivity index (χ3n) is 5.41. The Morgan fingerprint density at radius 1 is 1.27 bits per heavy atom. The maximum absolute atomic E-state index is 12.8. The molecule has 2 atom stereocenters. The van der Waals surface area contributed by atoms with Gasteiger partial charge in [-0.15, -0.1) is 0 Å². The molecular weight excluding hydrogens is 328 g/mol. The van der Waals surface area contributed by atoms with E-state index in [9.17, 15) is 4.79 Å². The molecule has 136 valence electrons. The van der Waals surface area contributed by atoms with Crippen molar-refractivity contribution in [3.8, 4) is 0 Å². The van der Waals surface area contributed by atoms with Crippen LogP contribution in [-0.2, 0) is 16.1 Å². The molecule has 0 N–H and O–H groups in total. The van der Waals surface area contributed by atoms with Crippen LogP contribution in [0.1, 0.15) is 21.7 Å². The number of hydrogen-bond acceptors (Lipinski definition) is 4. The van der Waals surface area contributed by atoms with E-state index in [0.717, 1.165) is 23.5 Å². The lowest BCUT2D eigenvalue weighted by Crippen LogP contribution is -2.37. The van der Waals surface area contributed by atoms with Crippen molar-refractivity contribution in [3.05, 3.63) is 65.5 Å². The molecule has 26 heavy (non-hydrogen) atoms. The monoisotopic (exact) mass is 352 g/mol. The van der Waals surface area contributed by atoms with Crippen LogP contribution >= 0.6 is 0 Å². The lowest BCUT2D eigenvalue weighted by Gasteiger charge is -2.26. The van der Waals surface area contributed by atoms with Crippen molar-refractivity contribution in [1.82, 2.24) is 9.88 Å². The van der Waals surface area contributed by atoms with Gasteiger partial charge in [0.25, 0.3) is 5.91 Å². The molecule has 0 aliphatic carbocycles. The first kappa shape index (κ1) is 17.2. The second-order valence-corrected chi connectivity index (χ2v) is 7.39. The third-order valence-corrected chi connectivity index (χ3v) is 5.41. The van der Waals surface area contributed by atoms with Gasteiger partial charge in [-0.25, -0.2) is 0 Å². The van der Waals surface area contributed by atoms with Gasteiger partial charge in [0.2, 0.25) is 0 Å². The minimum atomic E-state index is -0.103. The molecule has 2 saturated heterocycles. The summed E-state index contributed by atoms with van der Waals surface area (Å²) in [7, 11) is 0. The van der Waals surface area contributed by atoms with Gasteiger partial charge in [-0.2, -0.15) is 0 Å². The highest BCUT2D eigenvalue weighted by molar-refractivity contribution is 5.94. The van der Waals surface area contributed by atoms with E-state index in [-0.39, 0.29) is 11.3 Å².